The van der Waals surface area contributed by atoms with Gasteiger partial charge in [0.25, 0.3) is 0 Å². The van der Waals surface area contributed by atoms with Crippen molar-refractivity contribution in [2.45, 2.75) is 65.8 Å². The Bertz CT molecular complexity index is 817. The van der Waals surface area contributed by atoms with Crippen molar-refractivity contribution in [3.8, 4) is 0 Å². The number of carboxylic acids is 1. The molecule has 0 bridgehead atoms. The zero-order valence-corrected chi connectivity index (χ0v) is 19.1. The molecule has 1 aliphatic carbocycles. The van der Waals surface area contributed by atoms with Crippen molar-refractivity contribution < 1.29 is 18.3 Å². The minimum Gasteiger partial charge on any atom is -0.478 e. The van der Waals surface area contributed by atoms with E-state index in [1.54, 1.807) is 20.0 Å². The number of rotatable bonds is 8. The van der Waals surface area contributed by atoms with Crippen molar-refractivity contribution >= 4 is 16.0 Å². The van der Waals surface area contributed by atoms with Crippen molar-refractivity contribution in [2.75, 3.05) is 13.3 Å². The van der Waals surface area contributed by atoms with E-state index in [0.717, 1.165) is 25.7 Å². The second kappa shape index (κ2) is 9.70. The van der Waals surface area contributed by atoms with Gasteiger partial charge >= 0.3 is 5.97 Å². The molecule has 0 aliphatic heterocycles. The minimum absolute atomic E-state index is 0.217. The quantitative estimate of drug-likeness (QED) is 0.358. The first-order valence-electron chi connectivity index (χ1n) is 9.68. The smallest absolute Gasteiger partial charge is 0.328 e. The van der Waals surface area contributed by atoms with Gasteiger partial charge in [0.15, 0.2) is 0 Å². The number of likely N-dealkylation sites (N-methyl/N-ethyl adjacent to an activating group) is 1. The summed E-state index contributed by atoms with van der Waals surface area (Å²) in [5, 5.41) is 8.75. The molecular weight excluding hydrogens is 374 g/mol. The Morgan fingerprint density at radius 1 is 1.36 bits per heavy atom. The molecule has 0 aromatic rings. The number of hydrogen-bond donors (Lipinski definition) is 1. The lowest BCUT2D eigenvalue weighted by atomic mass is 9.71. The predicted octanol–water partition coefficient (Wildman–Crippen LogP) is 4.70. The average Bonchev–Trinajstić information content (AvgIpc) is 2.52. The Balaban J connectivity index is 3.07. The van der Waals surface area contributed by atoms with Gasteiger partial charge in [-0.05, 0) is 70.4 Å². The predicted molar refractivity (Wildman–Crippen MR) is 116 cm³/mol. The van der Waals surface area contributed by atoms with Gasteiger partial charge in [0.05, 0.1) is 11.8 Å². The number of aliphatic carboxylic acids is 1. The molecule has 6 heteroatoms. The molecule has 0 amide bonds. The summed E-state index contributed by atoms with van der Waals surface area (Å²) in [7, 11) is -1.61. The summed E-state index contributed by atoms with van der Waals surface area (Å²) in [5.74, 6) is -0.736. The van der Waals surface area contributed by atoms with Crippen LogP contribution in [0.25, 0.3) is 0 Å². The SMILES string of the molecule is CC1=C(C(C)C/C(C)=C/C=C/C(C)=C/C(=O)O)[C@](C)(N(C)S(C)(=O)=O)CCC1. The lowest BCUT2D eigenvalue weighted by Crippen LogP contribution is -2.51. The highest BCUT2D eigenvalue weighted by Gasteiger charge is 2.42. The molecule has 158 valence electrons. The molecule has 0 saturated heterocycles. The van der Waals surface area contributed by atoms with E-state index in [1.165, 1.54) is 33.4 Å². The summed E-state index contributed by atoms with van der Waals surface area (Å²) in [5.41, 5.74) is 3.87. The number of carboxylic acid groups (broad SMARTS) is 1. The summed E-state index contributed by atoms with van der Waals surface area (Å²) in [6.45, 7) is 10.1. The molecule has 28 heavy (non-hydrogen) atoms. The Hall–Kier alpha value is -1.66. The molecule has 1 rings (SSSR count). The van der Waals surface area contributed by atoms with Gasteiger partial charge in [-0.2, -0.15) is 4.31 Å². The first-order chi connectivity index (χ1) is 12.8. The molecule has 0 fully saturated rings. The maximum absolute atomic E-state index is 12.3. The summed E-state index contributed by atoms with van der Waals surface area (Å²) in [6, 6.07) is 0. The number of nitrogens with zero attached hydrogens (tertiary/aromatic N) is 1. The standard InChI is InChI=1S/C22H35NO4S/c1-16(10-8-11-17(2)15-20(24)25)14-19(4)21-18(3)12-9-13-22(21,5)23(6)28(7,26)27/h8,10-11,15,19H,9,12-14H2,1-7H3,(H,24,25)/b11-8+,16-10+,17-15+/t19?,22-/m1/s1. The van der Waals surface area contributed by atoms with E-state index >= 15 is 0 Å². The zero-order valence-electron chi connectivity index (χ0n) is 18.2. The van der Waals surface area contributed by atoms with Crippen molar-refractivity contribution in [3.63, 3.8) is 0 Å². The number of allylic oxidation sites excluding steroid dienone is 6. The molecule has 0 heterocycles. The fourth-order valence-electron chi connectivity index (χ4n) is 4.33. The molecule has 1 unspecified atom stereocenters. The normalized spacial score (nSPS) is 23.6. The third kappa shape index (κ3) is 6.45. The minimum atomic E-state index is -3.29. The van der Waals surface area contributed by atoms with Gasteiger partial charge in [0, 0.05) is 13.1 Å². The van der Waals surface area contributed by atoms with E-state index < -0.39 is 21.5 Å². The van der Waals surface area contributed by atoms with Gasteiger partial charge in [-0.1, -0.05) is 36.3 Å². The highest BCUT2D eigenvalue weighted by molar-refractivity contribution is 7.88. The van der Waals surface area contributed by atoms with Gasteiger partial charge in [0.1, 0.15) is 0 Å². The maximum Gasteiger partial charge on any atom is 0.328 e. The number of carbonyl (C=O) groups is 1. The van der Waals surface area contributed by atoms with Crippen molar-refractivity contribution in [1.82, 2.24) is 4.31 Å². The first kappa shape index (κ1) is 24.4. The summed E-state index contributed by atoms with van der Waals surface area (Å²) < 4.78 is 26.0. The van der Waals surface area contributed by atoms with Crippen LogP contribution in [0, 0.1) is 5.92 Å². The molecule has 5 nitrogen and oxygen atoms in total. The van der Waals surface area contributed by atoms with Gasteiger partial charge in [-0.3, -0.25) is 0 Å². The van der Waals surface area contributed by atoms with Crippen LogP contribution >= 0.6 is 0 Å². The Morgan fingerprint density at radius 3 is 2.50 bits per heavy atom. The van der Waals surface area contributed by atoms with Gasteiger partial charge < -0.3 is 5.11 Å². The van der Waals surface area contributed by atoms with E-state index in [9.17, 15) is 13.2 Å². The molecule has 0 aromatic carbocycles. The Labute approximate surface area is 170 Å². The van der Waals surface area contributed by atoms with Crippen LogP contribution in [0.1, 0.15) is 60.3 Å². The third-order valence-corrected chi connectivity index (χ3v) is 7.06. The molecular formula is C22H35NO4S. The van der Waals surface area contributed by atoms with Crippen LogP contribution in [0.4, 0.5) is 0 Å². The summed E-state index contributed by atoms with van der Waals surface area (Å²) in [6.07, 6.45) is 11.7. The molecule has 0 spiro atoms. The van der Waals surface area contributed by atoms with Crippen LogP contribution in [0.5, 0.6) is 0 Å². The van der Waals surface area contributed by atoms with Crippen LogP contribution in [-0.2, 0) is 14.8 Å². The summed E-state index contributed by atoms with van der Waals surface area (Å²) >= 11 is 0. The molecule has 1 aliphatic rings. The molecule has 0 saturated carbocycles. The largest absolute Gasteiger partial charge is 0.478 e. The third-order valence-electron chi connectivity index (χ3n) is 5.66. The molecule has 0 radical (unpaired) electrons. The maximum atomic E-state index is 12.3. The lowest BCUT2D eigenvalue weighted by Gasteiger charge is -2.45. The first-order valence-corrected chi connectivity index (χ1v) is 11.5. The van der Waals surface area contributed by atoms with E-state index in [-0.39, 0.29) is 5.92 Å². The fraction of sp³-hybridized carbons (Fsp3) is 0.591. The molecule has 1 N–H and O–H groups in total. The molecule has 0 aromatic heterocycles. The number of sulfonamides is 1. The van der Waals surface area contributed by atoms with Crippen LogP contribution in [0.15, 0.2) is 46.6 Å². The summed E-state index contributed by atoms with van der Waals surface area (Å²) in [4.78, 5) is 10.7. The van der Waals surface area contributed by atoms with E-state index in [0.29, 0.717) is 5.57 Å². The molecule has 2 atom stereocenters. The van der Waals surface area contributed by atoms with Crippen LogP contribution in [0.2, 0.25) is 0 Å². The number of hydrogen-bond acceptors (Lipinski definition) is 3. The second-order valence-corrected chi connectivity index (χ2v) is 10.3. The van der Waals surface area contributed by atoms with Crippen molar-refractivity contribution in [1.29, 1.82) is 0 Å². The van der Waals surface area contributed by atoms with Crippen LogP contribution in [0.3, 0.4) is 0 Å². The van der Waals surface area contributed by atoms with Gasteiger partial charge in [0.2, 0.25) is 10.0 Å². The van der Waals surface area contributed by atoms with E-state index in [1.807, 2.05) is 26.0 Å². The Kier molecular flexibility index (Phi) is 8.45. The highest BCUT2D eigenvalue weighted by atomic mass is 32.2. The van der Waals surface area contributed by atoms with Crippen LogP contribution in [-0.4, -0.2) is 42.6 Å². The van der Waals surface area contributed by atoms with Gasteiger partial charge in [-0.15, -0.1) is 0 Å². The monoisotopic (exact) mass is 409 g/mol. The van der Waals surface area contributed by atoms with E-state index in [4.69, 9.17) is 5.11 Å². The van der Waals surface area contributed by atoms with Crippen LogP contribution < -0.4 is 0 Å². The second-order valence-electron chi connectivity index (χ2n) is 8.26. The Morgan fingerprint density at radius 2 is 1.96 bits per heavy atom. The zero-order chi connectivity index (χ0) is 21.7. The van der Waals surface area contributed by atoms with E-state index in [2.05, 4.69) is 13.8 Å². The lowest BCUT2D eigenvalue weighted by molar-refractivity contribution is -0.131. The topological polar surface area (TPSA) is 74.7 Å². The van der Waals surface area contributed by atoms with Crippen molar-refractivity contribution in [2.24, 2.45) is 5.92 Å². The average molecular weight is 410 g/mol. The fourth-order valence-corrected chi connectivity index (χ4v) is 5.25. The van der Waals surface area contributed by atoms with Crippen molar-refractivity contribution in [3.05, 3.63) is 46.6 Å². The highest BCUT2D eigenvalue weighted by Crippen LogP contribution is 2.43. The van der Waals surface area contributed by atoms with Gasteiger partial charge in [-0.25, -0.2) is 13.2 Å².